The van der Waals surface area contributed by atoms with Gasteiger partial charge in [0.05, 0.1) is 12.2 Å². The van der Waals surface area contributed by atoms with Gasteiger partial charge in [0.1, 0.15) is 24.4 Å². The molecular formula is C10H20O5. The average molecular weight is 220 g/mol. The summed E-state index contributed by atoms with van der Waals surface area (Å²) < 4.78 is 5.47. The van der Waals surface area contributed by atoms with Crippen LogP contribution in [0.3, 0.4) is 0 Å². The molecule has 0 amide bonds. The standard InChI is InChI=1S/C10H20O5/c1-5(2)10(3)9(14)8(13)7(12)6(4-11)15-10/h5-9,11-14H,4H2,1-3H3/t6-,7-,8+,9-,10?/m1/s1. The van der Waals surface area contributed by atoms with Gasteiger partial charge < -0.3 is 25.2 Å². The van der Waals surface area contributed by atoms with Crippen LogP contribution in [0.2, 0.25) is 0 Å². The normalized spacial score (nSPS) is 47.2. The summed E-state index contributed by atoms with van der Waals surface area (Å²) in [7, 11) is 0. The number of hydrogen-bond donors (Lipinski definition) is 4. The Labute approximate surface area is 89.3 Å². The average Bonchev–Trinajstić information content (AvgIpc) is 2.20. The summed E-state index contributed by atoms with van der Waals surface area (Å²) in [6.45, 7) is 4.98. The molecule has 4 N–H and O–H groups in total. The van der Waals surface area contributed by atoms with E-state index < -0.39 is 30.0 Å². The van der Waals surface area contributed by atoms with Crippen LogP contribution >= 0.6 is 0 Å². The van der Waals surface area contributed by atoms with Gasteiger partial charge in [0.25, 0.3) is 0 Å². The molecule has 1 aliphatic heterocycles. The van der Waals surface area contributed by atoms with E-state index in [0.29, 0.717) is 0 Å². The maximum Gasteiger partial charge on any atom is 0.111 e. The molecule has 0 aliphatic carbocycles. The Kier molecular flexibility index (Phi) is 3.73. The molecule has 0 aromatic rings. The molecule has 1 heterocycles. The van der Waals surface area contributed by atoms with Crippen LogP contribution in [0, 0.1) is 5.92 Å². The first-order valence-corrected chi connectivity index (χ1v) is 5.17. The van der Waals surface area contributed by atoms with Gasteiger partial charge >= 0.3 is 0 Å². The summed E-state index contributed by atoms with van der Waals surface area (Å²) in [6, 6.07) is 0. The second kappa shape index (κ2) is 4.35. The first-order chi connectivity index (χ1) is 6.84. The van der Waals surface area contributed by atoms with Gasteiger partial charge in [-0.05, 0) is 12.8 Å². The molecule has 0 spiro atoms. The van der Waals surface area contributed by atoms with E-state index in [1.54, 1.807) is 6.92 Å². The lowest BCUT2D eigenvalue weighted by Crippen LogP contribution is -2.65. The van der Waals surface area contributed by atoms with Crippen molar-refractivity contribution in [3.05, 3.63) is 0 Å². The molecule has 0 aromatic heterocycles. The van der Waals surface area contributed by atoms with Gasteiger partial charge in [-0.1, -0.05) is 13.8 Å². The number of rotatable bonds is 2. The second-order valence-corrected chi connectivity index (χ2v) is 4.60. The largest absolute Gasteiger partial charge is 0.394 e. The van der Waals surface area contributed by atoms with Gasteiger partial charge in [-0.15, -0.1) is 0 Å². The van der Waals surface area contributed by atoms with E-state index in [1.807, 2.05) is 13.8 Å². The molecule has 1 unspecified atom stereocenters. The van der Waals surface area contributed by atoms with E-state index in [-0.39, 0.29) is 12.5 Å². The first-order valence-electron chi connectivity index (χ1n) is 5.17. The molecule has 1 rings (SSSR count). The van der Waals surface area contributed by atoms with Gasteiger partial charge in [0.15, 0.2) is 0 Å². The van der Waals surface area contributed by atoms with Gasteiger partial charge in [-0.3, -0.25) is 0 Å². The highest BCUT2D eigenvalue weighted by Gasteiger charge is 2.51. The SMILES string of the molecule is CC(C)C1(C)O[C@H](CO)[C@@H](O)[C@H](O)[C@H]1O. The van der Waals surface area contributed by atoms with Crippen LogP contribution in [-0.2, 0) is 4.74 Å². The third-order valence-corrected chi connectivity index (χ3v) is 3.37. The van der Waals surface area contributed by atoms with E-state index >= 15 is 0 Å². The summed E-state index contributed by atoms with van der Waals surface area (Å²) in [5.41, 5.74) is -0.952. The van der Waals surface area contributed by atoms with Crippen molar-refractivity contribution in [3.63, 3.8) is 0 Å². The molecule has 0 bridgehead atoms. The molecule has 15 heavy (non-hydrogen) atoms. The van der Waals surface area contributed by atoms with Crippen molar-refractivity contribution in [3.8, 4) is 0 Å². The van der Waals surface area contributed by atoms with Crippen LogP contribution in [0.5, 0.6) is 0 Å². The highest BCUT2D eigenvalue weighted by molar-refractivity contribution is 5.00. The van der Waals surface area contributed by atoms with Gasteiger partial charge in [-0.2, -0.15) is 0 Å². The minimum absolute atomic E-state index is 0.0382. The molecule has 1 aliphatic rings. The minimum atomic E-state index is -1.29. The Morgan fingerprint density at radius 3 is 2.13 bits per heavy atom. The van der Waals surface area contributed by atoms with Crippen LogP contribution < -0.4 is 0 Å². The lowest BCUT2D eigenvalue weighted by atomic mass is 9.79. The summed E-state index contributed by atoms with van der Waals surface area (Å²) in [5.74, 6) is -0.0382. The molecule has 0 aromatic carbocycles. The molecule has 1 fully saturated rings. The predicted molar refractivity (Wildman–Crippen MR) is 53.2 cm³/mol. The van der Waals surface area contributed by atoms with Crippen LogP contribution in [0.4, 0.5) is 0 Å². The number of ether oxygens (including phenoxy) is 1. The third kappa shape index (κ3) is 2.03. The Bertz CT molecular complexity index is 218. The zero-order chi connectivity index (χ0) is 11.8. The number of aliphatic hydroxyl groups excluding tert-OH is 4. The first kappa shape index (κ1) is 12.9. The van der Waals surface area contributed by atoms with Gasteiger partial charge in [0, 0.05) is 0 Å². The van der Waals surface area contributed by atoms with Crippen LogP contribution in [0.1, 0.15) is 20.8 Å². The Balaban J connectivity index is 2.92. The maximum absolute atomic E-state index is 9.83. The molecule has 0 radical (unpaired) electrons. The Morgan fingerprint density at radius 2 is 1.73 bits per heavy atom. The van der Waals surface area contributed by atoms with Crippen molar-refractivity contribution in [2.24, 2.45) is 5.92 Å². The third-order valence-electron chi connectivity index (χ3n) is 3.37. The smallest absolute Gasteiger partial charge is 0.111 e. The predicted octanol–water partition coefficient (Wildman–Crippen LogP) is -1.13. The molecule has 5 nitrogen and oxygen atoms in total. The summed E-state index contributed by atoms with van der Waals surface area (Å²) in [6.07, 6.45) is -4.55. The fourth-order valence-corrected chi connectivity index (χ4v) is 1.83. The van der Waals surface area contributed by atoms with E-state index in [2.05, 4.69) is 0 Å². The van der Waals surface area contributed by atoms with Gasteiger partial charge in [0.2, 0.25) is 0 Å². The molecule has 1 saturated heterocycles. The van der Waals surface area contributed by atoms with Crippen molar-refractivity contribution in [2.45, 2.75) is 50.8 Å². The van der Waals surface area contributed by atoms with E-state index in [1.165, 1.54) is 0 Å². The Morgan fingerprint density at radius 1 is 1.20 bits per heavy atom. The van der Waals surface area contributed by atoms with Crippen molar-refractivity contribution >= 4 is 0 Å². The molecule has 0 saturated carbocycles. The lowest BCUT2D eigenvalue weighted by molar-refractivity contribution is -0.280. The fourth-order valence-electron chi connectivity index (χ4n) is 1.83. The van der Waals surface area contributed by atoms with Crippen molar-refractivity contribution in [1.82, 2.24) is 0 Å². The van der Waals surface area contributed by atoms with Crippen molar-refractivity contribution < 1.29 is 25.2 Å². The van der Waals surface area contributed by atoms with Crippen LogP contribution in [-0.4, -0.2) is 57.0 Å². The second-order valence-electron chi connectivity index (χ2n) is 4.60. The van der Waals surface area contributed by atoms with Gasteiger partial charge in [-0.25, -0.2) is 0 Å². The number of hydrogen-bond acceptors (Lipinski definition) is 5. The molecule has 5 heteroatoms. The van der Waals surface area contributed by atoms with Crippen molar-refractivity contribution in [1.29, 1.82) is 0 Å². The maximum atomic E-state index is 9.83. The number of aliphatic hydroxyl groups is 4. The zero-order valence-electron chi connectivity index (χ0n) is 9.29. The topological polar surface area (TPSA) is 90.2 Å². The monoisotopic (exact) mass is 220 g/mol. The lowest BCUT2D eigenvalue weighted by Gasteiger charge is -2.49. The van der Waals surface area contributed by atoms with Crippen molar-refractivity contribution in [2.75, 3.05) is 6.61 Å². The molecule has 5 atom stereocenters. The quantitative estimate of drug-likeness (QED) is 0.473. The zero-order valence-corrected chi connectivity index (χ0v) is 9.29. The molecular weight excluding hydrogens is 200 g/mol. The highest BCUT2D eigenvalue weighted by Crippen LogP contribution is 2.35. The van der Waals surface area contributed by atoms with E-state index in [4.69, 9.17) is 9.84 Å². The summed E-state index contributed by atoms with van der Waals surface area (Å²) in [4.78, 5) is 0. The summed E-state index contributed by atoms with van der Waals surface area (Å²) >= 11 is 0. The molecule has 90 valence electrons. The van der Waals surface area contributed by atoms with Crippen LogP contribution in [0.25, 0.3) is 0 Å². The fraction of sp³-hybridized carbons (Fsp3) is 1.00. The summed E-state index contributed by atoms with van der Waals surface area (Å²) in [5, 5.41) is 38.0. The van der Waals surface area contributed by atoms with Crippen LogP contribution in [0.15, 0.2) is 0 Å². The Hall–Kier alpha value is -0.200. The van der Waals surface area contributed by atoms with E-state index in [0.717, 1.165) is 0 Å². The highest BCUT2D eigenvalue weighted by atomic mass is 16.6. The van der Waals surface area contributed by atoms with E-state index in [9.17, 15) is 15.3 Å². The minimum Gasteiger partial charge on any atom is -0.394 e.